The number of thiazole rings is 1. The van der Waals surface area contributed by atoms with Gasteiger partial charge in [-0.2, -0.15) is 0 Å². The second-order valence-electron chi connectivity index (χ2n) is 5.18. The maximum Gasteiger partial charge on any atom is 0.320 e. The third kappa shape index (κ3) is 2.31. The van der Waals surface area contributed by atoms with Crippen molar-refractivity contribution in [2.45, 2.75) is 38.3 Å². The molecule has 4 nitrogen and oxygen atoms in total. The fraction of sp³-hybridized carbons (Fsp3) is 0.467. The first-order chi connectivity index (χ1) is 9.70. The maximum absolute atomic E-state index is 11.4. The van der Waals surface area contributed by atoms with Crippen LogP contribution in [0.4, 0.5) is 0 Å². The SMILES string of the molecule is CC[C@H](C(=O)O)N1CCC[C@@H]1c1nc2ccccc2s1. The lowest BCUT2D eigenvalue weighted by Crippen LogP contribution is -2.40. The van der Waals surface area contributed by atoms with Gasteiger partial charge in [-0.15, -0.1) is 11.3 Å². The van der Waals surface area contributed by atoms with Gasteiger partial charge in [0.2, 0.25) is 0 Å². The third-order valence-electron chi connectivity index (χ3n) is 3.96. The van der Waals surface area contributed by atoms with E-state index >= 15 is 0 Å². The van der Waals surface area contributed by atoms with Crippen LogP contribution in [0.2, 0.25) is 0 Å². The minimum Gasteiger partial charge on any atom is -0.480 e. The number of aliphatic carboxylic acids is 1. The zero-order valence-electron chi connectivity index (χ0n) is 11.5. The zero-order valence-corrected chi connectivity index (χ0v) is 12.3. The molecule has 0 amide bonds. The van der Waals surface area contributed by atoms with Crippen LogP contribution < -0.4 is 0 Å². The fourth-order valence-corrected chi connectivity index (χ4v) is 4.13. The van der Waals surface area contributed by atoms with E-state index in [0.29, 0.717) is 6.42 Å². The first-order valence-corrected chi connectivity index (χ1v) is 7.86. The number of hydrogen-bond donors (Lipinski definition) is 1. The van der Waals surface area contributed by atoms with Crippen molar-refractivity contribution >= 4 is 27.5 Å². The Morgan fingerprint density at radius 2 is 2.35 bits per heavy atom. The van der Waals surface area contributed by atoms with Crippen LogP contribution in [0.15, 0.2) is 24.3 Å². The number of carbonyl (C=O) groups is 1. The molecule has 0 bridgehead atoms. The Morgan fingerprint density at radius 1 is 1.55 bits per heavy atom. The molecule has 5 heteroatoms. The molecule has 0 spiro atoms. The van der Waals surface area contributed by atoms with Crippen molar-refractivity contribution in [3.8, 4) is 0 Å². The summed E-state index contributed by atoms with van der Waals surface area (Å²) in [5, 5.41) is 10.4. The Hall–Kier alpha value is -1.46. The van der Waals surface area contributed by atoms with Crippen molar-refractivity contribution < 1.29 is 9.90 Å². The van der Waals surface area contributed by atoms with Crippen LogP contribution in [0, 0.1) is 0 Å². The molecule has 1 N–H and O–H groups in total. The van der Waals surface area contributed by atoms with Crippen molar-refractivity contribution in [3.05, 3.63) is 29.3 Å². The highest BCUT2D eigenvalue weighted by atomic mass is 32.1. The van der Waals surface area contributed by atoms with Gasteiger partial charge in [-0.3, -0.25) is 9.69 Å². The monoisotopic (exact) mass is 290 g/mol. The van der Waals surface area contributed by atoms with Crippen molar-refractivity contribution in [1.29, 1.82) is 0 Å². The lowest BCUT2D eigenvalue weighted by atomic mass is 10.1. The van der Waals surface area contributed by atoms with E-state index in [2.05, 4.69) is 11.0 Å². The largest absolute Gasteiger partial charge is 0.480 e. The molecule has 1 fully saturated rings. The second-order valence-corrected chi connectivity index (χ2v) is 6.24. The molecule has 0 aliphatic carbocycles. The number of carboxylic acids is 1. The van der Waals surface area contributed by atoms with Gasteiger partial charge >= 0.3 is 5.97 Å². The van der Waals surface area contributed by atoms with Crippen LogP contribution in [0.5, 0.6) is 0 Å². The number of hydrogen-bond acceptors (Lipinski definition) is 4. The minimum atomic E-state index is -0.722. The van der Waals surface area contributed by atoms with E-state index in [9.17, 15) is 9.90 Å². The molecular formula is C15H18N2O2S. The van der Waals surface area contributed by atoms with Gasteiger partial charge < -0.3 is 5.11 Å². The molecular weight excluding hydrogens is 272 g/mol. The number of rotatable bonds is 4. The zero-order chi connectivity index (χ0) is 14.1. The summed E-state index contributed by atoms with van der Waals surface area (Å²) in [6.45, 7) is 2.79. The average molecular weight is 290 g/mol. The molecule has 0 radical (unpaired) electrons. The summed E-state index contributed by atoms with van der Waals surface area (Å²) in [4.78, 5) is 18.2. The topological polar surface area (TPSA) is 53.4 Å². The quantitative estimate of drug-likeness (QED) is 0.938. The van der Waals surface area contributed by atoms with E-state index in [-0.39, 0.29) is 6.04 Å². The molecule has 1 saturated heterocycles. The predicted molar refractivity (Wildman–Crippen MR) is 80.0 cm³/mol. The maximum atomic E-state index is 11.4. The molecule has 20 heavy (non-hydrogen) atoms. The van der Waals surface area contributed by atoms with Crippen LogP contribution in [0.1, 0.15) is 37.2 Å². The first-order valence-electron chi connectivity index (χ1n) is 7.04. The Kier molecular flexibility index (Phi) is 3.72. The normalized spacial score (nSPS) is 21.4. The van der Waals surface area contributed by atoms with Gasteiger partial charge in [-0.1, -0.05) is 19.1 Å². The van der Waals surface area contributed by atoms with Crippen LogP contribution in [0.3, 0.4) is 0 Å². The van der Waals surface area contributed by atoms with E-state index in [1.54, 1.807) is 11.3 Å². The summed E-state index contributed by atoms with van der Waals surface area (Å²) in [6, 6.07) is 7.86. The van der Waals surface area contributed by atoms with E-state index < -0.39 is 12.0 Å². The molecule has 0 unspecified atom stereocenters. The molecule has 3 rings (SSSR count). The Bertz CT molecular complexity index is 592. The fourth-order valence-electron chi connectivity index (χ4n) is 3.01. The Labute approximate surface area is 122 Å². The third-order valence-corrected chi connectivity index (χ3v) is 5.10. The number of likely N-dealkylation sites (tertiary alicyclic amines) is 1. The van der Waals surface area contributed by atoms with E-state index in [1.165, 1.54) is 4.70 Å². The summed E-state index contributed by atoms with van der Waals surface area (Å²) in [5.74, 6) is -0.722. The van der Waals surface area contributed by atoms with Gasteiger partial charge in [0.05, 0.1) is 16.3 Å². The number of nitrogens with zero attached hydrogens (tertiary/aromatic N) is 2. The molecule has 1 aromatic heterocycles. The van der Waals surface area contributed by atoms with Crippen molar-refractivity contribution in [3.63, 3.8) is 0 Å². The predicted octanol–water partition coefficient (Wildman–Crippen LogP) is 3.30. The van der Waals surface area contributed by atoms with Gasteiger partial charge in [-0.25, -0.2) is 4.98 Å². The second kappa shape index (κ2) is 5.50. The smallest absolute Gasteiger partial charge is 0.320 e. The number of benzene rings is 1. The highest BCUT2D eigenvalue weighted by Crippen LogP contribution is 2.38. The standard InChI is InChI=1S/C15H18N2O2S/c1-2-11(15(18)19)17-9-5-7-12(17)14-16-10-6-3-4-8-13(10)20-14/h3-4,6,8,11-12H,2,5,7,9H2,1H3,(H,18,19)/t11-,12-/m1/s1. The average Bonchev–Trinajstić information content (AvgIpc) is 3.04. The molecule has 0 saturated carbocycles. The van der Waals surface area contributed by atoms with E-state index in [1.807, 2.05) is 25.1 Å². The Balaban J connectivity index is 1.93. The van der Waals surface area contributed by atoms with Gasteiger partial charge in [0.25, 0.3) is 0 Å². The molecule has 106 valence electrons. The number of aromatic nitrogens is 1. The summed E-state index contributed by atoms with van der Waals surface area (Å²) in [5.41, 5.74) is 1.02. The number of carboxylic acid groups (broad SMARTS) is 1. The summed E-state index contributed by atoms with van der Waals surface area (Å²) in [6.07, 6.45) is 2.69. The van der Waals surface area contributed by atoms with Gasteiger partial charge in [-0.05, 0) is 37.9 Å². The van der Waals surface area contributed by atoms with Crippen molar-refractivity contribution in [1.82, 2.24) is 9.88 Å². The molecule has 1 aliphatic rings. The lowest BCUT2D eigenvalue weighted by molar-refractivity contribution is -0.143. The molecule has 2 aromatic rings. The molecule has 1 aliphatic heterocycles. The van der Waals surface area contributed by atoms with Gasteiger partial charge in [0, 0.05) is 0 Å². The molecule has 1 aromatic carbocycles. The lowest BCUT2D eigenvalue weighted by Gasteiger charge is -2.28. The van der Waals surface area contributed by atoms with Crippen LogP contribution >= 0.6 is 11.3 Å². The highest BCUT2D eigenvalue weighted by Gasteiger charge is 2.36. The van der Waals surface area contributed by atoms with Crippen molar-refractivity contribution in [2.75, 3.05) is 6.54 Å². The Morgan fingerprint density at radius 3 is 3.05 bits per heavy atom. The van der Waals surface area contributed by atoms with E-state index in [0.717, 1.165) is 29.9 Å². The van der Waals surface area contributed by atoms with Crippen molar-refractivity contribution in [2.24, 2.45) is 0 Å². The minimum absolute atomic E-state index is 0.161. The number of para-hydroxylation sites is 1. The molecule has 2 atom stereocenters. The highest BCUT2D eigenvalue weighted by molar-refractivity contribution is 7.18. The van der Waals surface area contributed by atoms with Crippen LogP contribution in [0.25, 0.3) is 10.2 Å². The van der Waals surface area contributed by atoms with Gasteiger partial charge in [0.1, 0.15) is 11.0 Å². The number of fused-ring (bicyclic) bond motifs is 1. The first kappa shape index (κ1) is 13.5. The summed E-state index contributed by atoms with van der Waals surface area (Å²) >= 11 is 1.69. The summed E-state index contributed by atoms with van der Waals surface area (Å²) in [7, 11) is 0. The summed E-state index contributed by atoms with van der Waals surface area (Å²) < 4.78 is 1.18. The molecule has 2 heterocycles. The van der Waals surface area contributed by atoms with E-state index in [4.69, 9.17) is 4.98 Å². The van der Waals surface area contributed by atoms with Gasteiger partial charge in [0.15, 0.2) is 0 Å². The van der Waals surface area contributed by atoms with Crippen LogP contribution in [-0.2, 0) is 4.79 Å². The van der Waals surface area contributed by atoms with Crippen LogP contribution in [-0.4, -0.2) is 33.5 Å².